The van der Waals surface area contributed by atoms with Crippen molar-refractivity contribution in [3.05, 3.63) is 28.2 Å². The van der Waals surface area contributed by atoms with Crippen molar-refractivity contribution in [3.63, 3.8) is 0 Å². The van der Waals surface area contributed by atoms with E-state index in [1.54, 1.807) is 7.11 Å². The van der Waals surface area contributed by atoms with Gasteiger partial charge >= 0.3 is 0 Å². The van der Waals surface area contributed by atoms with Crippen LogP contribution in [0.15, 0.2) is 22.7 Å². The predicted octanol–water partition coefficient (Wildman–Crippen LogP) is 3.38. The first-order chi connectivity index (χ1) is 7.33. The molecule has 3 heteroatoms. The van der Waals surface area contributed by atoms with E-state index in [1.807, 2.05) is 0 Å². The molecule has 1 unspecified atom stereocenters. The Morgan fingerprint density at radius 1 is 1.53 bits per heavy atom. The van der Waals surface area contributed by atoms with E-state index in [2.05, 4.69) is 39.4 Å². The van der Waals surface area contributed by atoms with Crippen LogP contribution in [0.3, 0.4) is 0 Å². The van der Waals surface area contributed by atoms with Gasteiger partial charge in [0.15, 0.2) is 0 Å². The van der Waals surface area contributed by atoms with Gasteiger partial charge in [-0.1, -0.05) is 12.1 Å². The highest BCUT2D eigenvalue weighted by molar-refractivity contribution is 9.10. The Kier molecular flexibility index (Phi) is 3.65. The average molecular weight is 270 g/mol. The first-order valence-electron chi connectivity index (χ1n) is 5.34. The molecule has 0 fully saturated rings. The minimum atomic E-state index is 0.638. The second kappa shape index (κ2) is 4.99. The van der Waals surface area contributed by atoms with Gasteiger partial charge in [-0.2, -0.15) is 0 Å². The quantitative estimate of drug-likeness (QED) is 0.909. The summed E-state index contributed by atoms with van der Waals surface area (Å²) in [6, 6.07) is 6.41. The lowest BCUT2D eigenvalue weighted by Gasteiger charge is -2.27. The Bertz CT molecular complexity index is 340. The molecule has 1 N–H and O–H groups in total. The predicted molar refractivity (Wildman–Crippen MR) is 66.5 cm³/mol. The second-order valence-corrected chi connectivity index (χ2v) is 4.75. The maximum atomic E-state index is 5.16. The summed E-state index contributed by atoms with van der Waals surface area (Å²) in [6.07, 6.45) is 2.31. The zero-order valence-corrected chi connectivity index (χ0v) is 10.5. The van der Waals surface area contributed by atoms with E-state index in [-0.39, 0.29) is 0 Å². The maximum absolute atomic E-state index is 5.16. The molecule has 0 saturated carbocycles. The smallest absolute Gasteiger partial charge is 0.0520 e. The Morgan fingerprint density at radius 2 is 2.40 bits per heavy atom. The van der Waals surface area contributed by atoms with Gasteiger partial charge in [0.05, 0.1) is 5.69 Å². The molecule has 2 nitrogen and oxygen atoms in total. The van der Waals surface area contributed by atoms with Crippen molar-refractivity contribution >= 4 is 21.6 Å². The topological polar surface area (TPSA) is 21.3 Å². The summed E-state index contributed by atoms with van der Waals surface area (Å²) in [4.78, 5) is 0. The SMILES string of the molecule is COCCC1CCNc2c(Br)cccc21. The van der Waals surface area contributed by atoms with Gasteiger partial charge in [0.25, 0.3) is 0 Å². The monoisotopic (exact) mass is 269 g/mol. The molecule has 1 aromatic carbocycles. The van der Waals surface area contributed by atoms with E-state index >= 15 is 0 Å². The van der Waals surface area contributed by atoms with Crippen LogP contribution in [-0.4, -0.2) is 20.3 Å². The molecule has 1 heterocycles. The Morgan fingerprint density at radius 3 is 3.20 bits per heavy atom. The van der Waals surface area contributed by atoms with E-state index in [9.17, 15) is 0 Å². The van der Waals surface area contributed by atoms with Crippen molar-refractivity contribution in [1.82, 2.24) is 0 Å². The summed E-state index contributed by atoms with van der Waals surface area (Å²) in [6.45, 7) is 1.90. The number of ether oxygens (including phenoxy) is 1. The van der Waals surface area contributed by atoms with Crippen molar-refractivity contribution in [3.8, 4) is 0 Å². The molecule has 0 bridgehead atoms. The van der Waals surface area contributed by atoms with Gasteiger partial charge < -0.3 is 10.1 Å². The van der Waals surface area contributed by atoms with Crippen molar-refractivity contribution in [2.45, 2.75) is 18.8 Å². The molecule has 1 atom stereocenters. The molecule has 1 aliphatic rings. The fourth-order valence-electron chi connectivity index (χ4n) is 2.15. The van der Waals surface area contributed by atoms with E-state index in [4.69, 9.17) is 4.74 Å². The summed E-state index contributed by atoms with van der Waals surface area (Å²) < 4.78 is 6.33. The van der Waals surface area contributed by atoms with Crippen molar-refractivity contribution in [2.75, 3.05) is 25.6 Å². The zero-order valence-electron chi connectivity index (χ0n) is 8.92. The van der Waals surface area contributed by atoms with Crippen LogP contribution in [0.1, 0.15) is 24.3 Å². The maximum Gasteiger partial charge on any atom is 0.0520 e. The lowest BCUT2D eigenvalue weighted by Crippen LogP contribution is -2.18. The van der Waals surface area contributed by atoms with Crippen LogP contribution < -0.4 is 5.32 Å². The lowest BCUT2D eigenvalue weighted by molar-refractivity contribution is 0.186. The van der Waals surface area contributed by atoms with Crippen LogP contribution in [0.2, 0.25) is 0 Å². The number of anilines is 1. The number of nitrogens with one attached hydrogen (secondary N) is 1. The van der Waals surface area contributed by atoms with Crippen LogP contribution in [0, 0.1) is 0 Å². The van der Waals surface area contributed by atoms with Gasteiger partial charge in [-0.15, -0.1) is 0 Å². The molecule has 0 spiro atoms. The first kappa shape index (κ1) is 11.0. The summed E-state index contributed by atoms with van der Waals surface area (Å²) in [5, 5.41) is 3.45. The van der Waals surface area contributed by atoms with Gasteiger partial charge in [-0.3, -0.25) is 0 Å². The highest BCUT2D eigenvalue weighted by Gasteiger charge is 2.20. The van der Waals surface area contributed by atoms with Gasteiger partial charge in [-0.25, -0.2) is 0 Å². The molecule has 0 saturated heterocycles. The Hall–Kier alpha value is -0.540. The normalized spacial score (nSPS) is 19.5. The van der Waals surface area contributed by atoms with E-state index in [0.29, 0.717) is 5.92 Å². The number of hydrogen-bond donors (Lipinski definition) is 1. The summed E-state index contributed by atoms with van der Waals surface area (Å²) >= 11 is 3.58. The molecule has 2 rings (SSSR count). The van der Waals surface area contributed by atoms with Gasteiger partial charge in [-0.05, 0) is 46.3 Å². The minimum Gasteiger partial charge on any atom is -0.385 e. The van der Waals surface area contributed by atoms with Crippen molar-refractivity contribution in [2.24, 2.45) is 0 Å². The number of benzene rings is 1. The van der Waals surface area contributed by atoms with Gasteiger partial charge in [0, 0.05) is 24.7 Å². The second-order valence-electron chi connectivity index (χ2n) is 3.90. The van der Waals surface area contributed by atoms with E-state index in [1.165, 1.54) is 22.1 Å². The first-order valence-corrected chi connectivity index (χ1v) is 6.13. The average Bonchev–Trinajstić information content (AvgIpc) is 2.27. The van der Waals surface area contributed by atoms with Crippen LogP contribution in [-0.2, 0) is 4.74 Å². The zero-order chi connectivity index (χ0) is 10.7. The number of para-hydroxylation sites is 1. The van der Waals surface area contributed by atoms with Crippen LogP contribution >= 0.6 is 15.9 Å². The number of rotatable bonds is 3. The molecular weight excluding hydrogens is 254 g/mol. The molecule has 15 heavy (non-hydrogen) atoms. The summed E-state index contributed by atoms with van der Waals surface area (Å²) in [7, 11) is 1.77. The van der Waals surface area contributed by atoms with Crippen molar-refractivity contribution < 1.29 is 4.74 Å². The molecule has 1 aliphatic heterocycles. The molecule has 82 valence electrons. The molecule has 0 aliphatic carbocycles. The molecule has 1 aromatic rings. The van der Waals surface area contributed by atoms with Crippen LogP contribution in [0.4, 0.5) is 5.69 Å². The molecule has 0 aromatic heterocycles. The van der Waals surface area contributed by atoms with Crippen molar-refractivity contribution in [1.29, 1.82) is 0 Å². The van der Waals surface area contributed by atoms with Gasteiger partial charge in [0.2, 0.25) is 0 Å². The standard InChI is InChI=1S/C12H16BrNO/c1-15-8-6-9-5-7-14-12-10(9)3-2-4-11(12)13/h2-4,9,14H,5-8H2,1H3. The summed E-state index contributed by atoms with van der Waals surface area (Å²) in [5.74, 6) is 0.638. The molecular formula is C12H16BrNO. The Labute approximate surface area is 99.1 Å². The minimum absolute atomic E-state index is 0.638. The third-order valence-corrected chi connectivity index (χ3v) is 3.61. The number of fused-ring (bicyclic) bond motifs is 1. The number of halogens is 1. The largest absolute Gasteiger partial charge is 0.385 e. The summed E-state index contributed by atoms with van der Waals surface area (Å²) in [5.41, 5.74) is 2.69. The number of hydrogen-bond acceptors (Lipinski definition) is 2. The van der Waals surface area contributed by atoms with E-state index < -0.39 is 0 Å². The van der Waals surface area contributed by atoms with E-state index in [0.717, 1.165) is 19.6 Å². The van der Waals surface area contributed by atoms with Crippen LogP contribution in [0.5, 0.6) is 0 Å². The highest BCUT2D eigenvalue weighted by atomic mass is 79.9. The third kappa shape index (κ3) is 2.34. The number of methoxy groups -OCH3 is 1. The Balaban J connectivity index is 2.22. The fourth-order valence-corrected chi connectivity index (χ4v) is 2.68. The fraction of sp³-hybridized carbons (Fsp3) is 0.500. The van der Waals surface area contributed by atoms with Gasteiger partial charge in [0.1, 0.15) is 0 Å². The third-order valence-electron chi connectivity index (χ3n) is 2.95. The molecule has 0 radical (unpaired) electrons. The van der Waals surface area contributed by atoms with Crippen LogP contribution in [0.25, 0.3) is 0 Å². The molecule has 0 amide bonds. The lowest BCUT2D eigenvalue weighted by atomic mass is 9.89. The highest BCUT2D eigenvalue weighted by Crippen LogP contribution is 2.38.